The Hall–Kier alpha value is -3.81. The fourth-order valence-electron chi connectivity index (χ4n) is 7.15. The van der Waals surface area contributed by atoms with Gasteiger partial charge in [-0.3, -0.25) is 4.79 Å². The Labute approximate surface area is 324 Å². The van der Waals surface area contributed by atoms with Crippen LogP contribution in [0.2, 0.25) is 0 Å². The van der Waals surface area contributed by atoms with Gasteiger partial charge in [0.25, 0.3) is 0 Å². The van der Waals surface area contributed by atoms with E-state index in [1.807, 2.05) is 19.9 Å². The van der Waals surface area contributed by atoms with E-state index in [0.29, 0.717) is 29.4 Å². The molecule has 55 heavy (non-hydrogen) atoms. The number of phenols is 1. The van der Waals surface area contributed by atoms with Gasteiger partial charge in [0.2, 0.25) is 17.5 Å². The van der Waals surface area contributed by atoms with Crippen molar-refractivity contribution in [1.29, 1.82) is 0 Å². The maximum absolute atomic E-state index is 13.2. The predicted octanol–water partition coefficient (Wildman–Crippen LogP) is 7.48. The van der Waals surface area contributed by atoms with Crippen LogP contribution in [0.5, 0.6) is 28.7 Å². The first-order valence-corrected chi connectivity index (χ1v) is 19.5. The lowest BCUT2D eigenvalue weighted by atomic mass is 9.91. The third kappa shape index (κ3) is 11.2. The lowest BCUT2D eigenvalue weighted by Gasteiger charge is -2.43. The second-order valence-corrected chi connectivity index (χ2v) is 15.5. The second kappa shape index (κ2) is 20.4. The third-order valence-corrected chi connectivity index (χ3v) is 10.7. The molecular formula is C43H62O12. The van der Waals surface area contributed by atoms with Gasteiger partial charge in [0.1, 0.15) is 46.9 Å². The summed E-state index contributed by atoms with van der Waals surface area (Å²) < 4.78 is 34.8. The minimum atomic E-state index is -1.62. The zero-order valence-electron chi connectivity index (χ0n) is 33.6. The van der Waals surface area contributed by atoms with Gasteiger partial charge in [0.15, 0.2) is 17.3 Å². The van der Waals surface area contributed by atoms with Gasteiger partial charge in [0, 0.05) is 17.7 Å². The van der Waals surface area contributed by atoms with Crippen molar-refractivity contribution in [3.8, 4) is 40.1 Å². The van der Waals surface area contributed by atoms with Crippen LogP contribution in [0.1, 0.15) is 92.9 Å². The van der Waals surface area contributed by atoms with Crippen LogP contribution in [-0.2, 0) is 9.47 Å². The van der Waals surface area contributed by atoms with Gasteiger partial charge >= 0.3 is 0 Å². The van der Waals surface area contributed by atoms with Crippen molar-refractivity contribution in [2.45, 2.75) is 130 Å². The van der Waals surface area contributed by atoms with Crippen LogP contribution in [0.25, 0.3) is 22.3 Å². The first-order valence-electron chi connectivity index (χ1n) is 19.5. The number of rotatable bonds is 20. The molecule has 4 rings (SSSR count). The monoisotopic (exact) mass is 770 g/mol. The van der Waals surface area contributed by atoms with Crippen molar-refractivity contribution in [3.05, 3.63) is 52.2 Å². The molecule has 1 fully saturated rings. The average Bonchev–Trinajstić information content (AvgIpc) is 3.16. The number of hydrogen-bond acceptors (Lipinski definition) is 12. The second-order valence-electron chi connectivity index (χ2n) is 15.5. The Morgan fingerprint density at radius 1 is 0.873 bits per heavy atom. The summed E-state index contributed by atoms with van der Waals surface area (Å²) in [7, 11) is 2.91. The molecule has 3 aromatic rings. The van der Waals surface area contributed by atoms with Gasteiger partial charge < -0.3 is 53.6 Å². The van der Waals surface area contributed by atoms with E-state index >= 15 is 0 Å². The summed E-state index contributed by atoms with van der Waals surface area (Å²) in [5.41, 5.74) is 0.240. The normalized spacial score (nSPS) is 22.1. The fraction of sp³-hybridized carbons (Fsp3) is 0.605. The van der Waals surface area contributed by atoms with Gasteiger partial charge in [-0.05, 0) is 68.2 Å². The molecule has 8 atom stereocenters. The SMILES string of the molecule is CC=C(C)[C@@H](CC[C@H](C)CCC[C@H](C)CCCC(C)C)O[C@H]1[C@H](O)[C@@H](O)[C@H](Oc2cc(O)c3c(=O)c(O)c(-c4ccc(OC)c(OC)c4)oc3c2)O[C@@H]1CO. The number of ether oxygens (including phenoxy) is 5. The van der Waals surface area contributed by atoms with Gasteiger partial charge in [-0.1, -0.05) is 72.3 Å². The van der Waals surface area contributed by atoms with E-state index in [2.05, 4.69) is 27.7 Å². The lowest BCUT2D eigenvalue weighted by molar-refractivity contribution is -0.290. The summed E-state index contributed by atoms with van der Waals surface area (Å²) in [6.07, 6.45) is 3.79. The highest BCUT2D eigenvalue weighted by Gasteiger charge is 2.47. The predicted molar refractivity (Wildman–Crippen MR) is 211 cm³/mol. The Kier molecular flexibility index (Phi) is 16.3. The van der Waals surface area contributed by atoms with Gasteiger partial charge in [0.05, 0.1) is 26.9 Å². The molecule has 0 amide bonds. The highest BCUT2D eigenvalue weighted by molar-refractivity contribution is 5.88. The molecule has 306 valence electrons. The van der Waals surface area contributed by atoms with Crippen molar-refractivity contribution in [3.63, 3.8) is 0 Å². The van der Waals surface area contributed by atoms with Crippen LogP contribution < -0.4 is 19.6 Å². The van der Waals surface area contributed by atoms with Crippen molar-refractivity contribution in [2.24, 2.45) is 17.8 Å². The molecule has 1 aromatic heterocycles. The van der Waals surface area contributed by atoms with Crippen LogP contribution >= 0.6 is 0 Å². The van der Waals surface area contributed by atoms with Crippen molar-refractivity contribution < 1.29 is 53.6 Å². The summed E-state index contributed by atoms with van der Waals surface area (Å²) in [6, 6.07) is 7.06. The topological polar surface area (TPSA) is 178 Å². The molecule has 0 radical (unpaired) electrons. The largest absolute Gasteiger partial charge is 0.507 e. The van der Waals surface area contributed by atoms with E-state index in [1.54, 1.807) is 12.1 Å². The molecule has 12 heteroatoms. The molecule has 5 N–H and O–H groups in total. The zero-order valence-corrected chi connectivity index (χ0v) is 33.6. The maximum Gasteiger partial charge on any atom is 0.238 e. The van der Waals surface area contributed by atoms with Crippen LogP contribution in [0.15, 0.2) is 51.2 Å². The Bertz CT molecular complexity index is 1760. The quantitative estimate of drug-likeness (QED) is 0.0717. The molecule has 1 aliphatic heterocycles. The maximum atomic E-state index is 13.2. The molecule has 2 heterocycles. The minimum Gasteiger partial charge on any atom is -0.507 e. The number of fused-ring (bicyclic) bond motifs is 1. The first-order chi connectivity index (χ1) is 26.2. The van der Waals surface area contributed by atoms with Crippen LogP contribution in [-0.4, -0.2) is 83.2 Å². The van der Waals surface area contributed by atoms with Crippen molar-refractivity contribution in [1.82, 2.24) is 0 Å². The van der Waals surface area contributed by atoms with Crippen LogP contribution in [0.3, 0.4) is 0 Å². The summed E-state index contributed by atoms with van der Waals surface area (Å²) in [4.78, 5) is 13.2. The molecular weight excluding hydrogens is 708 g/mol. The Morgan fingerprint density at radius 2 is 1.53 bits per heavy atom. The van der Waals surface area contributed by atoms with E-state index in [9.17, 15) is 30.3 Å². The molecule has 0 aliphatic carbocycles. The highest BCUT2D eigenvalue weighted by atomic mass is 16.7. The average molecular weight is 771 g/mol. The summed E-state index contributed by atoms with van der Waals surface area (Å²) in [6.45, 7) is 12.5. The number of benzene rings is 2. The number of allylic oxidation sites excluding steroid dienone is 1. The Balaban J connectivity index is 1.45. The van der Waals surface area contributed by atoms with Gasteiger partial charge in [-0.2, -0.15) is 0 Å². The summed E-state index contributed by atoms with van der Waals surface area (Å²) in [5, 5.41) is 54.2. The molecule has 1 aliphatic rings. The standard InChI is InChI=1S/C43H62O12/c1-9-27(6)31(18-16-26(5)15-11-14-25(4)13-10-12-24(2)3)53-42-35(23-44)55-43(40(49)39(42)48)52-29-21-30(45)36-34(22-29)54-41(38(47)37(36)46)28-17-19-32(50-7)33(20-28)51-8/h9,17,19-22,24-26,31,35,39-40,42-45,47-49H,10-16,18,23H2,1-8H3/t25-,26-,31-,35-,39-,40-,42-,43-/m1/s1. The molecule has 0 unspecified atom stereocenters. The highest BCUT2D eigenvalue weighted by Crippen LogP contribution is 2.39. The molecule has 0 spiro atoms. The summed E-state index contributed by atoms with van der Waals surface area (Å²) in [5.74, 6) is 1.14. The minimum absolute atomic E-state index is 0.0778. The van der Waals surface area contributed by atoms with E-state index in [4.69, 9.17) is 28.1 Å². The molecule has 12 nitrogen and oxygen atoms in total. The van der Waals surface area contributed by atoms with E-state index < -0.39 is 54.2 Å². The number of methoxy groups -OCH3 is 2. The molecule has 2 aromatic carbocycles. The van der Waals surface area contributed by atoms with E-state index in [0.717, 1.165) is 36.3 Å². The number of hydrogen-bond donors (Lipinski definition) is 5. The smallest absolute Gasteiger partial charge is 0.238 e. The number of aliphatic hydroxyl groups excluding tert-OH is 3. The van der Waals surface area contributed by atoms with E-state index in [-0.39, 0.29) is 28.6 Å². The number of aliphatic hydroxyl groups is 3. The third-order valence-electron chi connectivity index (χ3n) is 10.7. The van der Waals surface area contributed by atoms with Crippen LogP contribution in [0, 0.1) is 17.8 Å². The van der Waals surface area contributed by atoms with Crippen LogP contribution in [0.4, 0.5) is 0 Å². The van der Waals surface area contributed by atoms with Crippen molar-refractivity contribution in [2.75, 3.05) is 20.8 Å². The van der Waals surface area contributed by atoms with Gasteiger partial charge in [-0.25, -0.2) is 0 Å². The Morgan fingerprint density at radius 3 is 2.15 bits per heavy atom. The molecule has 0 bridgehead atoms. The van der Waals surface area contributed by atoms with Gasteiger partial charge in [-0.15, -0.1) is 0 Å². The zero-order chi connectivity index (χ0) is 40.4. The lowest BCUT2D eigenvalue weighted by Crippen LogP contribution is -2.61. The first kappa shape index (κ1) is 43.9. The number of phenolic OH excluding ortho intramolecular Hbond substituents is 1. The van der Waals surface area contributed by atoms with Crippen molar-refractivity contribution >= 4 is 11.0 Å². The van der Waals surface area contributed by atoms with E-state index in [1.165, 1.54) is 58.5 Å². The molecule has 1 saturated heterocycles. The molecule has 0 saturated carbocycles. The fourth-order valence-corrected chi connectivity index (χ4v) is 7.15. The summed E-state index contributed by atoms with van der Waals surface area (Å²) >= 11 is 0. The number of aromatic hydroxyl groups is 2.